The topological polar surface area (TPSA) is 87.1 Å². The van der Waals surface area contributed by atoms with E-state index < -0.39 is 28.7 Å². The average molecular weight is 493 g/mol. The summed E-state index contributed by atoms with van der Waals surface area (Å²) in [5, 5.41) is 9.94. The zero-order valence-electron chi connectivity index (χ0n) is 20.6. The third kappa shape index (κ3) is 4.81. The molecule has 3 fully saturated rings. The molecule has 190 valence electrons. The van der Waals surface area contributed by atoms with Gasteiger partial charge in [-0.15, -0.1) is 24.9 Å². The summed E-state index contributed by atoms with van der Waals surface area (Å²) in [7, 11) is 0. The normalized spacial score (nSPS) is 30.2. The average Bonchev–Trinajstić information content (AvgIpc) is 3.47. The number of hydrogen-bond acceptors (Lipinski definition) is 6. The molecule has 3 saturated heterocycles. The van der Waals surface area contributed by atoms with Crippen LogP contribution < -0.4 is 0 Å². The molecule has 2 unspecified atom stereocenters. The Morgan fingerprint density at radius 1 is 1.32 bits per heavy atom. The maximum absolute atomic E-state index is 14.0. The molecule has 2 amide bonds. The Bertz CT molecular complexity index is 789. The number of nitrogens with zero attached hydrogens (tertiary/aromatic N) is 2. The number of rotatable bonds is 14. The smallest absolute Gasteiger partial charge is 0.310 e. The maximum atomic E-state index is 14.0. The van der Waals surface area contributed by atoms with Crippen LogP contribution in [0.15, 0.2) is 25.3 Å². The minimum Gasteiger partial charge on any atom is -0.465 e. The van der Waals surface area contributed by atoms with Gasteiger partial charge < -0.3 is 19.6 Å². The molecule has 3 aliphatic rings. The number of amides is 2. The van der Waals surface area contributed by atoms with E-state index in [-0.39, 0.29) is 29.6 Å². The predicted molar refractivity (Wildman–Crippen MR) is 134 cm³/mol. The number of aliphatic hydroxyl groups is 1. The summed E-state index contributed by atoms with van der Waals surface area (Å²) < 4.78 is 4.92. The summed E-state index contributed by atoms with van der Waals surface area (Å²) in [6.45, 7) is 12.5. The van der Waals surface area contributed by atoms with Gasteiger partial charge in [0.1, 0.15) is 6.04 Å². The predicted octanol–water partition coefficient (Wildman–Crippen LogP) is 3.17. The SMILES string of the molecule is C=CCCCOC(=O)[C@@H]1[C@H]2C(=O)N([C@H](C)CO)C(C(=O)N(CC=C)CCCCC)C23CC[C@H]1S3. The van der Waals surface area contributed by atoms with Gasteiger partial charge in [-0.05, 0) is 39.0 Å². The van der Waals surface area contributed by atoms with Crippen LogP contribution in [0.1, 0.15) is 58.8 Å². The van der Waals surface area contributed by atoms with E-state index in [0.29, 0.717) is 32.5 Å². The highest BCUT2D eigenvalue weighted by Gasteiger charge is 2.74. The van der Waals surface area contributed by atoms with Crippen LogP contribution in [0.25, 0.3) is 0 Å². The molecule has 0 radical (unpaired) electrons. The fraction of sp³-hybridized carbons (Fsp3) is 0.731. The molecule has 6 atom stereocenters. The lowest BCUT2D eigenvalue weighted by Crippen LogP contribution is -2.57. The lowest BCUT2D eigenvalue weighted by Gasteiger charge is -2.38. The summed E-state index contributed by atoms with van der Waals surface area (Å²) in [6.07, 6.45) is 9.42. The van der Waals surface area contributed by atoms with Gasteiger partial charge in [0, 0.05) is 18.3 Å². The van der Waals surface area contributed by atoms with Gasteiger partial charge in [-0.25, -0.2) is 0 Å². The van der Waals surface area contributed by atoms with Crippen LogP contribution in [0.4, 0.5) is 0 Å². The molecule has 0 aromatic rings. The third-order valence-electron chi connectivity index (χ3n) is 7.47. The molecular formula is C26H40N2O5S. The molecule has 0 saturated carbocycles. The van der Waals surface area contributed by atoms with Crippen LogP contribution in [-0.4, -0.2) is 81.1 Å². The number of allylic oxidation sites excluding steroid dienone is 1. The Balaban J connectivity index is 1.91. The van der Waals surface area contributed by atoms with Crippen LogP contribution >= 0.6 is 11.8 Å². The number of likely N-dealkylation sites (tertiary alicyclic amines) is 1. The standard InChI is InChI=1S/C26H40N2O5S/c1-5-8-10-15-27(14-7-3)24(31)22-26-13-12-19(34-26)20(25(32)33-16-11-9-6-2)21(26)23(30)28(22)18(4)17-29/h6-7,18-22,29H,2-3,5,8-17H2,1,4H3/t18-,19-,20+,21+,22?,26?/m1/s1. The lowest BCUT2D eigenvalue weighted by molar-refractivity contribution is -0.154. The van der Waals surface area contributed by atoms with Gasteiger partial charge in [-0.1, -0.05) is 31.9 Å². The van der Waals surface area contributed by atoms with Crippen molar-refractivity contribution in [1.29, 1.82) is 0 Å². The first-order valence-electron chi connectivity index (χ1n) is 12.7. The zero-order chi connectivity index (χ0) is 24.9. The van der Waals surface area contributed by atoms with Crippen LogP contribution in [0, 0.1) is 11.8 Å². The summed E-state index contributed by atoms with van der Waals surface area (Å²) >= 11 is 1.63. The number of aliphatic hydroxyl groups excluding tert-OH is 1. The fourth-order valence-electron chi connectivity index (χ4n) is 5.87. The third-order valence-corrected chi connectivity index (χ3v) is 9.42. The largest absolute Gasteiger partial charge is 0.465 e. The highest BCUT2D eigenvalue weighted by atomic mass is 32.2. The van der Waals surface area contributed by atoms with E-state index in [9.17, 15) is 19.5 Å². The summed E-state index contributed by atoms with van der Waals surface area (Å²) in [4.78, 5) is 44.3. The van der Waals surface area contributed by atoms with Crippen molar-refractivity contribution in [2.75, 3.05) is 26.3 Å². The van der Waals surface area contributed by atoms with E-state index in [1.165, 1.54) is 0 Å². The van der Waals surface area contributed by atoms with E-state index in [1.807, 2.05) is 0 Å². The number of hydrogen-bond donors (Lipinski definition) is 1. The number of carbonyl (C=O) groups excluding carboxylic acids is 3. The van der Waals surface area contributed by atoms with E-state index in [0.717, 1.165) is 32.1 Å². The maximum Gasteiger partial charge on any atom is 0.310 e. The molecule has 3 aliphatic heterocycles. The molecule has 7 nitrogen and oxygen atoms in total. The fourth-order valence-corrected chi connectivity index (χ4v) is 8.06. The number of fused-ring (bicyclic) bond motifs is 1. The highest BCUT2D eigenvalue weighted by molar-refractivity contribution is 8.02. The molecule has 3 rings (SSSR count). The van der Waals surface area contributed by atoms with Crippen molar-refractivity contribution in [2.45, 2.75) is 80.9 Å². The van der Waals surface area contributed by atoms with Gasteiger partial charge in [-0.2, -0.15) is 0 Å². The monoisotopic (exact) mass is 492 g/mol. The first-order chi connectivity index (χ1) is 16.4. The molecule has 34 heavy (non-hydrogen) atoms. The van der Waals surface area contributed by atoms with Crippen molar-refractivity contribution in [2.24, 2.45) is 11.8 Å². The van der Waals surface area contributed by atoms with Gasteiger partial charge in [0.05, 0.1) is 35.8 Å². The zero-order valence-corrected chi connectivity index (χ0v) is 21.4. The summed E-state index contributed by atoms with van der Waals surface area (Å²) in [6, 6.07) is -1.20. The first-order valence-corrected chi connectivity index (χ1v) is 13.5. The van der Waals surface area contributed by atoms with Crippen molar-refractivity contribution in [1.82, 2.24) is 9.80 Å². The van der Waals surface area contributed by atoms with Crippen LogP contribution in [0.5, 0.6) is 0 Å². The number of thioether (sulfide) groups is 1. The number of ether oxygens (including phenoxy) is 1. The Hall–Kier alpha value is -1.80. The van der Waals surface area contributed by atoms with E-state index in [4.69, 9.17) is 4.74 Å². The van der Waals surface area contributed by atoms with Gasteiger partial charge in [0.15, 0.2) is 0 Å². The van der Waals surface area contributed by atoms with Crippen LogP contribution in [-0.2, 0) is 19.1 Å². The van der Waals surface area contributed by atoms with Crippen molar-refractivity contribution in [3.8, 4) is 0 Å². The summed E-state index contributed by atoms with van der Waals surface area (Å²) in [5.74, 6) is -1.77. The van der Waals surface area contributed by atoms with Crippen molar-refractivity contribution in [3.05, 3.63) is 25.3 Å². The molecular weight excluding hydrogens is 452 g/mol. The lowest BCUT2D eigenvalue weighted by atomic mass is 9.71. The Morgan fingerprint density at radius 2 is 2.09 bits per heavy atom. The second-order valence-corrected chi connectivity index (χ2v) is 11.3. The minimum atomic E-state index is -0.692. The van der Waals surface area contributed by atoms with Crippen LogP contribution in [0.2, 0.25) is 0 Å². The molecule has 2 bridgehead atoms. The van der Waals surface area contributed by atoms with E-state index in [2.05, 4.69) is 20.1 Å². The van der Waals surface area contributed by atoms with Gasteiger partial charge in [0.25, 0.3) is 0 Å². The summed E-state index contributed by atoms with van der Waals surface area (Å²) in [5.41, 5.74) is 0. The number of carbonyl (C=O) groups is 3. The quantitative estimate of drug-likeness (QED) is 0.228. The molecule has 0 aliphatic carbocycles. The van der Waals surface area contributed by atoms with Crippen LogP contribution in [0.3, 0.4) is 0 Å². The van der Waals surface area contributed by atoms with Gasteiger partial charge in [-0.3, -0.25) is 14.4 Å². The minimum absolute atomic E-state index is 0.0179. The Labute approximate surface area is 208 Å². The first kappa shape index (κ1) is 26.8. The number of unbranched alkanes of at least 4 members (excludes halogenated alkanes) is 3. The molecule has 0 aromatic heterocycles. The molecule has 8 heteroatoms. The molecule has 1 spiro atoms. The molecule has 3 heterocycles. The molecule has 1 N–H and O–H groups in total. The second kappa shape index (κ2) is 11.8. The second-order valence-electron chi connectivity index (χ2n) is 9.71. The molecule has 0 aromatic carbocycles. The van der Waals surface area contributed by atoms with E-state index >= 15 is 0 Å². The highest BCUT2D eigenvalue weighted by Crippen LogP contribution is 2.66. The van der Waals surface area contributed by atoms with Crippen molar-refractivity contribution < 1.29 is 24.2 Å². The van der Waals surface area contributed by atoms with Gasteiger partial charge in [0.2, 0.25) is 11.8 Å². The number of esters is 1. The Kier molecular flexibility index (Phi) is 9.27. The van der Waals surface area contributed by atoms with E-state index in [1.54, 1.807) is 40.6 Å². The van der Waals surface area contributed by atoms with Crippen molar-refractivity contribution in [3.63, 3.8) is 0 Å². The van der Waals surface area contributed by atoms with Gasteiger partial charge >= 0.3 is 5.97 Å². The van der Waals surface area contributed by atoms with Crippen molar-refractivity contribution >= 4 is 29.5 Å². The Morgan fingerprint density at radius 3 is 2.74 bits per heavy atom.